The van der Waals surface area contributed by atoms with Crippen LogP contribution in [0.4, 0.5) is 13.2 Å². The average Bonchev–Trinajstić information content (AvgIpc) is 1.61. The summed E-state index contributed by atoms with van der Waals surface area (Å²) in [5.74, 6) is -3.87. The molecule has 0 aromatic heterocycles. The fourth-order valence-corrected chi connectivity index (χ4v) is 0.210. The zero-order valence-electron chi connectivity index (χ0n) is 4.68. The predicted molar refractivity (Wildman–Crippen MR) is 23.5 cm³/mol. The first kappa shape index (κ1) is 9.20. The molecule has 0 aliphatic heterocycles. The molecular weight excluding hydrogens is 151 g/mol. The third-order valence-electron chi connectivity index (χ3n) is 0.780. The van der Waals surface area contributed by atoms with Gasteiger partial charge in [-0.2, -0.15) is 18.4 Å². The van der Waals surface area contributed by atoms with Crippen LogP contribution in [0.15, 0.2) is 0 Å². The third kappa shape index (κ3) is 1.86. The van der Waals surface area contributed by atoms with Crippen molar-refractivity contribution in [1.29, 1.82) is 5.26 Å². The lowest BCUT2D eigenvalue weighted by atomic mass is 10.2. The second-order valence-corrected chi connectivity index (χ2v) is 1.65. The van der Waals surface area contributed by atoms with E-state index in [1.165, 1.54) is 0 Å². The third-order valence-corrected chi connectivity index (χ3v) is 0.780. The van der Waals surface area contributed by atoms with E-state index in [9.17, 15) is 13.2 Å². The van der Waals surface area contributed by atoms with Crippen LogP contribution in [0, 0.1) is 11.3 Å². The van der Waals surface area contributed by atoms with E-state index < -0.39 is 18.4 Å². The maximum atomic E-state index is 11.4. The zero-order chi connectivity index (χ0) is 8.41. The molecule has 58 valence electrons. The van der Waals surface area contributed by atoms with Gasteiger partial charge in [0, 0.05) is 0 Å². The van der Waals surface area contributed by atoms with E-state index in [1.54, 1.807) is 0 Å². The molecule has 0 amide bonds. The van der Waals surface area contributed by atoms with Gasteiger partial charge in [-0.25, -0.2) is 0 Å². The lowest BCUT2D eigenvalue weighted by molar-refractivity contribution is -0.346. The first-order chi connectivity index (χ1) is 4.31. The largest absolute Gasteiger partial charge is 0.443 e. The Kier molecular flexibility index (Phi) is 2.24. The standard InChI is InChI=1S/C4H4F3NO2/c5-4(6,7)3(9,10)1-2-8/h9-10H,1H2. The summed E-state index contributed by atoms with van der Waals surface area (Å²) in [6.45, 7) is 0. The second kappa shape index (κ2) is 2.44. The molecule has 0 aromatic carbocycles. The van der Waals surface area contributed by atoms with Crippen LogP contribution in [-0.4, -0.2) is 22.2 Å². The van der Waals surface area contributed by atoms with Gasteiger partial charge in [-0.15, -0.1) is 0 Å². The Hall–Kier alpha value is -0.800. The topological polar surface area (TPSA) is 64.2 Å². The minimum atomic E-state index is -5.16. The quantitative estimate of drug-likeness (QED) is 0.529. The fraction of sp³-hybridized carbons (Fsp3) is 0.750. The summed E-state index contributed by atoms with van der Waals surface area (Å²) in [6.07, 6.45) is -6.54. The SMILES string of the molecule is N#CCC(O)(O)C(F)(F)F. The summed E-state index contributed by atoms with van der Waals surface area (Å²) in [5, 5.41) is 23.8. The van der Waals surface area contributed by atoms with Gasteiger partial charge in [0.2, 0.25) is 0 Å². The van der Waals surface area contributed by atoms with Gasteiger partial charge < -0.3 is 10.2 Å². The Bertz CT molecular complexity index is 157. The molecular formula is C4H4F3NO2. The Morgan fingerprint density at radius 2 is 1.70 bits per heavy atom. The summed E-state index contributed by atoms with van der Waals surface area (Å²) in [7, 11) is 0. The van der Waals surface area contributed by atoms with Gasteiger partial charge in [-0.1, -0.05) is 0 Å². The maximum Gasteiger partial charge on any atom is 0.443 e. The minimum Gasteiger partial charge on any atom is -0.358 e. The number of aliphatic hydroxyl groups is 2. The molecule has 3 nitrogen and oxygen atoms in total. The molecule has 0 fully saturated rings. The molecule has 2 N–H and O–H groups in total. The van der Waals surface area contributed by atoms with Crippen LogP contribution in [0.2, 0.25) is 0 Å². The van der Waals surface area contributed by atoms with Gasteiger partial charge in [0.05, 0.1) is 12.5 Å². The van der Waals surface area contributed by atoms with Gasteiger partial charge in [0.15, 0.2) is 0 Å². The number of alkyl halides is 3. The molecule has 0 rings (SSSR count). The van der Waals surface area contributed by atoms with Crippen molar-refractivity contribution in [2.45, 2.75) is 18.4 Å². The van der Waals surface area contributed by atoms with Crippen molar-refractivity contribution in [1.82, 2.24) is 0 Å². The van der Waals surface area contributed by atoms with Crippen LogP contribution in [0.25, 0.3) is 0 Å². The van der Waals surface area contributed by atoms with Crippen LogP contribution < -0.4 is 0 Å². The van der Waals surface area contributed by atoms with Crippen molar-refractivity contribution >= 4 is 0 Å². The van der Waals surface area contributed by atoms with Crippen molar-refractivity contribution < 1.29 is 23.4 Å². The number of hydrogen-bond donors (Lipinski definition) is 2. The maximum absolute atomic E-state index is 11.4. The van der Waals surface area contributed by atoms with Crippen LogP contribution in [0.5, 0.6) is 0 Å². The lowest BCUT2D eigenvalue weighted by Crippen LogP contribution is -2.44. The van der Waals surface area contributed by atoms with Crippen LogP contribution >= 0.6 is 0 Å². The number of halogens is 3. The number of nitrogens with zero attached hydrogens (tertiary/aromatic N) is 1. The van der Waals surface area contributed by atoms with Gasteiger partial charge in [-0.05, 0) is 0 Å². The first-order valence-corrected chi connectivity index (χ1v) is 2.19. The van der Waals surface area contributed by atoms with Crippen molar-refractivity contribution in [2.75, 3.05) is 0 Å². The van der Waals surface area contributed by atoms with Crippen LogP contribution in [0.1, 0.15) is 6.42 Å². The second-order valence-electron chi connectivity index (χ2n) is 1.65. The number of nitriles is 1. The van der Waals surface area contributed by atoms with Crippen molar-refractivity contribution in [3.63, 3.8) is 0 Å². The summed E-state index contributed by atoms with van der Waals surface area (Å²) in [4.78, 5) is 0. The molecule has 0 bridgehead atoms. The smallest absolute Gasteiger partial charge is 0.358 e. The first-order valence-electron chi connectivity index (χ1n) is 2.19. The van der Waals surface area contributed by atoms with E-state index in [0.29, 0.717) is 0 Å². The molecule has 0 spiro atoms. The Morgan fingerprint density at radius 3 is 1.80 bits per heavy atom. The molecule has 0 unspecified atom stereocenters. The molecule has 0 aliphatic rings. The molecule has 0 aliphatic carbocycles. The average molecular weight is 155 g/mol. The van der Waals surface area contributed by atoms with E-state index in [1.807, 2.05) is 0 Å². The van der Waals surface area contributed by atoms with Crippen LogP contribution in [0.3, 0.4) is 0 Å². The Balaban J connectivity index is 4.28. The monoisotopic (exact) mass is 155 g/mol. The van der Waals surface area contributed by atoms with Gasteiger partial charge >= 0.3 is 6.18 Å². The lowest BCUT2D eigenvalue weighted by Gasteiger charge is -2.20. The van der Waals surface area contributed by atoms with Gasteiger partial charge in [-0.3, -0.25) is 0 Å². The highest BCUT2D eigenvalue weighted by atomic mass is 19.4. The van der Waals surface area contributed by atoms with E-state index in [4.69, 9.17) is 15.5 Å². The number of rotatable bonds is 1. The van der Waals surface area contributed by atoms with E-state index in [-0.39, 0.29) is 0 Å². The normalized spacial score (nSPS) is 12.8. The molecule has 0 heterocycles. The van der Waals surface area contributed by atoms with Crippen LogP contribution in [-0.2, 0) is 0 Å². The van der Waals surface area contributed by atoms with Crippen molar-refractivity contribution in [2.24, 2.45) is 0 Å². The molecule has 0 aromatic rings. The van der Waals surface area contributed by atoms with E-state index in [0.717, 1.165) is 6.07 Å². The van der Waals surface area contributed by atoms with E-state index >= 15 is 0 Å². The summed E-state index contributed by atoms with van der Waals surface area (Å²) >= 11 is 0. The summed E-state index contributed by atoms with van der Waals surface area (Å²) in [6, 6.07) is 0.995. The van der Waals surface area contributed by atoms with Crippen molar-refractivity contribution in [3.8, 4) is 6.07 Å². The Morgan fingerprint density at radius 1 is 1.30 bits per heavy atom. The summed E-state index contributed by atoms with van der Waals surface area (Å²) < 4.78 is 34.1. The minimum absolute atomic E-state index is 0.995. The molecule has 0 atom stereocenters. The number of hydrogen-bond acceptors (Lipinski definition) is 3. The zero-order valence-corrected chi connectivity index (χ0v) is 4.68. The fourth-order valence-electron chi connectivity index (χ4n) is 0.210. The molecule has 0 radical (unpaired) electrons. The van der Waals surface area contributed by atoms with Gasteiger partial charge in [0.1, 0.15) is 0 Å². The highest BCUT2D eigenvalue weighted by Gasteiger charge is 2.52. The molecule has 6 heteroatoms. The summed E-state index contributed by atoms with van der Waals surface area (Å²) in [5.41, 5.74) is 0. The molecule has 0 saturated heterocycles. The molecule has 10 heavy (non-hydrogen) atoms. The van der Waals surface area contributed by atoms with E-state index in [2.05, 4.69) is 0 Å². The predicted octanol–water partition coefficient (Wildman–Crippen LogP) is 0.143. The Labute approximate surface area is 54.3 Å². The van der Waals surface area contributed by atoms with Gasteiger partial charge in [0.25, 0.3) is 5.79 Å². The van der Waals surface area contributed by atoms with Crippen molar-refractivity contribution in [3.05, 3.63) is 0 Å². The highest BCUT2D eigenvalue weighted by molar-refractivity contribution is 4.85. The molecule has 0 saturated carbocycles. The highest BCUT2D eigenvalue weighted by Crippen LogP contribution is 2.29.